The number of aliphatic carboxylic acids is 1. The van der Waals surface area contributed by atoms with E-state index >= 15 is 0 Å². The van der Waals surface area contributed by atoms with Crippen LogP contribution in [0.5, 0.6) is 0 Å². The first kappa shape index (κ1) is 18.5. The Morgan fingerprint density at radius 2 is 1.43 bits per heavy atom. The van der Waals surface area contributed by atoms with E-state index < -0.39 is 17.7 Å². The van der Waals surface area contributed by atoms with E-state index in [1.807, 2.05) is 12.1 Å². The Morgan fingerprint density at radius 3 is 1.71 bits per heavy atom. The molecule has 0 heterocycles. The van der Waals surface area contributed by atoms with Gasteiger partial charge in [0.05, 0.1) is 0 Å². The molecule has 0 aliphatic rings. The number of carbonyl (C=O) groups is 1. The van der Waals surface area contributed by atoms with Crippen molar-refractivity contribution in [2.24, 2.45) is 0 Å². The molecule has 4 nitrogen and oxygen atoms in total. The average Bonchev–Trinajstić information content (AvgIpc) is 2.50. The van der Waals surface area contributed by atoms with Gasteiger partial charge in [0.2, 0.25) is 0 Å². The van der Waals surface area contributed by atoms with E-state index in [0.29, 0.717) is 11.1 Å². The molecule has 1 unspecified atom stereocenters. The van der Waals surface area contributed by atoms with Gasteiger partial charge in [0.1, 0.15) is 0 Å². The molecule has 0 aliphatic carbocycles. The second kappa shape index (κ2) is 8.19. The monoisotopic (exact) mass is 312 g/mol. The van der Waals surface area contributed by atoms with Crippen molar-refractivity contribution in [2.75, 3.05) is 7.11 Å². The first-order valence-electron chi connectivity index (χ1n) is 6.20. The average molecular weight is 312 g/mol. The van der Waals surface area contributed by atoms with Crippen molar-refractivity contribution in [3.8, 4) is 0 Å². The van der Waals surface area contributed by atoms with Gasteiger partial charge in [-0.05, 0) is 11.1 Å². The Kier molecular flexibility index (Phi) is 7.22. The quantitative estimate of drug-likeness (QED) is 0.705. The summed E-state index contributed by atoms with van der Waals surface area (Å²) in [4.78, 5) is 11.3. The summed E-state index contributed by atoms with van der Waals surface area (Å²) in [5.74, 6) is -1.33. The Morgan fingerprint density at radius 1 is 1.05 bits per heavy atom. The number of aliphatic hydroxyl groups excluding tert-OH is 1. The summed E-state index contributed by atoms with van der Waals surface area (Å²) in [5, 5.41) is 19.5. The van der Waals surface area contributed by atoms with E-state index in [0.717, 1.165) is 0 Å². The zero-order valence-electron chi connectivity index (χ0n) is 13.1. The van der Waals surface area contributed by atoms with Crippen molar-refractivity contribution >= 4 is 5.97 Å². The summed E-state index contributed by atoms with van der Waals surface area (Å²) in [6, 6.07) is 17.7. The summed E-state index contributed by atoms with van der Waals surface area (Å²) in [6.45, 7) is 0. The van der Waals surface area contributed by atoms with Crippen molar-refractivity contribution in [3.63, 3.8) is 0 Å². The van der Waals surface area contributed by atoms with Crippen LogP contribution >= 0.6 is 0 Å². The topological polar surface area (TPSA) is 66.8 Å². The maximum atomic E-state index is 11.3. The Balaban J connectivity index is 0.00000220. The Hall–Kier alpha value is -0.534. The van der Waals surface area contributed by atoms with Crippen LogP contribution in [0.3, 0.4) is 0 Å². The van der Waals surface area contributed by atoms with Gasteiger partial charge >= 0.3 is 57.4 Å². The predicted octanol–water partition coefficient (Wildman–Crippen LogP) is -0.861. The largest absolute Gasteiger partial charge is 1.00 e. The maximum absolute atomic E-state index is 11.3. The van der Waals surface area contributed by atoms with Crippen molar-refractivity contribution in [1.29, 1.82) is 0 Å². The van der Waals surface area contributed by atoms with E-state index in [1.54, 1.807) is 48.5 Å². The van der Waals surface area contributed by atoms with E-state index in [9.17, 15) is 15.0 Å². The van der Waals surface area contributed by atoms with E-state index in [2.05, 4.69) is 0 Å². The number of hydrogen-bond acceptors (Lipinski definition) is 3. The smallest absolute Gasteiger partial charge is 1.00 e. The third-order valence-corrected chi connectivity index (χ3v) is 3.35. The predicted molar refractivity (Wildman–Crippen MR) is 75.4 cm³/mol. The molecule has 1 atom stereocenters. The van der Waals surface area contributed by atoms with Gasteiger partial charge in [0.15, 0.2) is 11.7 Å². The summed E-state index contributed by atoms with van der Waals surface area (Å²) in [7, 11) is 1.40. The van der Waals surface area contributed by atoms with Crippen molar-refractivity contribution in [3.05, 3.63) is 71.8 Å². The van der Waals surface area contributed by atoms with E-state index in [-0.39, 0.29) is 52.8 Å². The van der Waals surface area contributed by atoms with Crippen LogP contribution in [0.4, 0.5) is 0 Å². The van der Waals surface area contributed by atoms with Crippen LogP contribution < -0.4 is 51.4 Å². The normalized spacial score (nSPS) is 12.3. The number of aliphatic hydroxyl groups is 1. The number of hydrogen-bond donors (Lipinski definition) is 2. The standard InChI is InChI=1S/C16H16O4.K.H/c1-20-16(14(17)15(18)19,12-8-4-2-5-9-12)13-10-6-3-7-11-13;;/h2-11,14,17H,1H3,(H,18,19);;/q;+1;-1. The molecule has 0 fully saturated rings. The molecule has 2 aromatic carbocycles. The Labute approximate surface area is 167 Å². The number of methoxy groups -OCH3 is 1. The molecule has 0 bridgehead atoms. The van der Waals surface area contributed by atoms with Crippen LogP contribution in [-0.4, -0.2) is 29.4 Å². The number of carboxylic acids is 1. The molecular weight excluding hydrogens is 295 g/mol. The number of carboxylic acid groups (broad SMARTS) is 1. The van der Waals surface area contributed by atoms with Gasteiger partial charge < -0.3 is 16.4 Å². The van der Waals surface area contributed by atoms with Gasteiger partial charge in [-0.1, -0.05) is 60.7 Å². The van der Waals surface area contributed by atoms with Crippen LogP contribution in [0.15, 0.2) is 60.7 Å². The van der Waals surface area contributed by atoms with E-state index in [4.69, 9.17) is 4.74 Å². The molecule has 2 N–H and O–H groups in total. The number of ether oxygens (including phenoxy) is 1. The summed E-state index contributed by atoms with van der Waals surface area (Å²) >= 11 is 0. The van der Waals surface area contributed by atoms with Gasteiger partial charge in [-0.2, -0.15) is 0 Å². The summed E-state index contributed by atoms with van der Waals surface area (Å²) < 4.78 is 5.50. The van der Waals surface area contributed by atoms with Gasteiger partial charge in [0, 0.05) is 7.11 Å². The van der Waals surface area contributed by atoms with E-state index in [1.165, 1.54) is 7.11 Å². The van der Waals surface area contributed by atoms with Gasteiger partial charge in [-0.25, -0.2) is 4.79 Å². The molecular formula is C16H17KO4. The summed E-state index contributed by atoms with van der Waals surface area (Å²) in [5.41, 5.74) is -0.263. The zero-order chi connectivity index (χ0) is 14.6. The van der Waals surface area contributed by atoms with Crippen LogP contribution in [0.2, 0.25) is 0 Å². The minimum atomic E-state index is -1.71. The second-order valence-corrected chi connectivity index (χ2v) is 4.41. The molecule has 2 aromatic rings. The molecule has 0 saturated heterocycles. The first-order chi connectivity index (χ1) is 9.63. The van der Waals surface area contributed by atoms with Crippen molar-refractivity contribution in [2.45, 2.75) is 11.7 Å². The van der Waals surface area contributed by atoms with Crippen LogP contribution in [0.25, 0.3) is 0 Å². The van der Waals surface area contributed by atoms with Crippen molar-refractivity contribution < 1.29 is 72.6 Å². The van der Waals surface area contributed by atoms with Crippen molar-refractivity contribution in [1.82, 2.24) is 0 Å². The number of benzene rings is 2. The van der Waals surface area contributed by atoms with Crippen LogP contribution in [0, 0.1) is 0 Å². The molecule has 106 valence electrons. The summed E-state index contributed by atoms with van der Waals surface area (Å²) in [6.07, 6.45) is -1.71. The van der Waals surface area contributed by atoms with Crippen LogP contribution in [0.1, 0.15) is 12.6 Å². The van der Waals surface area contributed by atoms with Gasteiger partial charge in [-0.3, -0.25) is 0 Å². The molecule has 0 radical (unpaired) electrons. The molecule has 21 heavy (non-hydrogen) atoms. The maximum Gasteiger partial charge on any atom is 1.00 e. The molecule has 0 amide bonds. The van der Waals surface area contributed by atoms with Gasteiger partial charge in [0.25, 0.3) is 0 Å². The fourth-order valence-corrected chi connectivity index (χ4v) is 2.38. The molecule has 0 saturated carbocycles. The zero-order valence-corrected chi connectivity index (χ0v) is 15.2. The molecule has 2 rings (SSSR count). The molecule has 5 heteroatoms. The fourth-order valence-electron chi connectivity index (χ4n) is 2.38. The molecule has 0 aliphatic heterocycles. The van der Waals surface area contributed by atoms with Crippen LogP contribution in [-0.2, 0) is 15.1 Å². The number of rotatable bonds is 5. The second-order valence-electron chi connectivity index (χ2n) is 4.41. The van der Waals surface area contributed by atoms with Gasteiger partial charge in [-0.15, -0.1) is 0 Å². The molecule has 0 aromatic heterocycles. The first-order valence-corrected chi connectivity index (χ1v) is 6.20. The third-order valence-electron chi connectivity index (χ3n) is 3.35. The molecule has 0 spiro atoms. The minimum Gasteiger partial charge on any atom is -1.00 e. The Bertz CT molecular complexity index is 538. The minimum absolute atomic E-state index is 0. The fraction of sp³-hybridized carbons (Fsp3) is 0.188. The third kappa shape index (κ3) is 3.63. The SMILES string of the molecule is COC(c1ccccc1)(c1ccccc1)C(O)C(=O)O.[H-].[K+].